The fourth-order valence-corrected chi connectivity index (χ4v) is 1.79. The Morgan fingerprint density at radius 2 is 2.07 bits per heavy atom. The number of nitro groups is 1. The molecular weight excluding hydrogens is 309 g/mol. The number of hydrogen-bond donors (Lipinski definition) is 1. The highest BCUT2D eigenvalue weighted by molar-refractivity contribution is 14.1. The molecule has 2 atom stereocenters. The first kappa shape index (κ1) is 12.4. The zero-order valence-corrected chi connectivity index (χ0v) is 10.6. The summed E-state index contributed by atoms with van der Waals surface area (Å²) in [6, 6.07) is 5.04. The predicted molar refractivity (Wildman–Crippen MR) is 65.9 cm³/mol. The van der Waals surface area contributed by atoms with Crippen LogP contribution in [0.25, 0.3) is 0 Å². The molecule has 1 rings (SSSR count). The van der Waals surface area contributed by atoms with Crippen LogP contribution in [0.3, 0.4) is 0 Å². The molecule has 2 unspecified atom stereocenters. The molecule has 1 aromatic rings. The zero-order chi connectivity index (χ0) is 11.6. The van der Waals surface area contributed by atoms with E-state index in [0.717, 1.165) is 3.57 Å². The van der Waals surface area contributed by atoms with Gasteiger partial charge in [-0.15, -0.1) is 0 Å². The van der Waals surface area contributed by atoms with Crippen LogP contribution in [0.1, 0.15) is 25.3 Å². The molecule has 0 bridgehead atoms. The number of hydrogen-bond acceptors (Lipinski definition) is 3. The van der Waals surface area contributed by atoms with Gasteiger partial charge in [0.2, 0.25) is 0 Å². The third-order valence-corrected chi connectivity index (χ3v) is 3.07. The van der Waals surface area contributed by atoms with E-state index in [-0.39, 0.29) is 11.6 Å². The van der Waals surface area contributed by atoms with Gasteiger partial charge in [0.05, 0.1) is 11.0 Å². The first-order valence-electron chi connectivity index (χ1n) is 4.55. The number of rotatable bonds is 3. The van der Waals surface area contributed by atoms with Crippen molar-refractivity contribution in [2.75, 3.05) is 0 Å². The third kappa shape index (κ3) is 2.88. The Labute approximate surface area is 102 Å². The highest BCUT2D eigenvalue weighted by Gasteiger charge is 2.22. The van der Waals surface area contributed by atoms with Crippen molar-refractivity contribution in [1.82, 2.24) is 0 Å². The van der Waals surface area contributed by atoms with Gasteiger partial charge in [0.15, 0.2) is 0 Å². The topological polar surface area (TPSA) is 63.4 Å². The zero-order valence-electron chi connectivity index (χ0n) is 8.48. The van der Waals surface area contributed by atoms with E-state index >= 15 is 0 Å². The van der Waals surface area contributed by atoms with E-state index in [9.17, 15) is 15.2 Å². The number of nitrogens with zero attached hydrogens (tertiary/aromatic N) is 1. The predicted octanol–water partition coefficient (Wildman–Crippen LogP) is 2.68. The molecule has 1 N–H and O–H groups in total. The van der Waals surface area contributed by atoms with Gasteiger partial charge in [-0.2, -0.15) is 0 Å². The molecule has 0 spiro atoms. The Morgan fingerprint density at radius 3 is 2.53 bits per heavy atom. The third-order valence-electron chi connectivity index (χ3n) is 2.40. The molecule has 4 nitrogen and oxygen atoms in total. The van der Waals surface area contributed by atoms with Gasteiger partial charge in [-0.25, -0.2) is 0 Å². The Morgan fingerprint density at radius 1 is 1.47 bits per heavy atom. The molecule has 0 heterocycles. The lowest BCUT2D eigenvalue weighted by molar-refractivity contribution is -0.385. The molecule has 0 aliphatic carbocycles. The first-order chi connectivity index (χ1) is 6.93. The first-order valence-corrected chi connectivity index (χ1v) is 5.63. The van der Waals surface area contributed by atoms with Gasteiger partial charge in [0.1, 0.15) is 0 Å². The van der Waals surface area contributed by atoms with Crippen LogP contribution >= 0.6 is 22.6 Å². The molecule has 0 fully saturated rings. The number of benzene rings is 1. The largest absolute Gasteiger partial charge is 0.393 e. The lowest BCUT2D eigenvalue weighted by Gasteiger charge is -2.14. The number of nitro benzene ring substituents is 1. The molecule has 0 aromatic heterocycles. The second kappa shape index (κ2) is 4.89. The Bertz CT molecular complexity index is 379. The second-order valence-corrected chi connectivity index (χ2v) is 4.74. The van der Waals surface area contributed by atoms with Crippen LogP contribution in [-0.4, -0.2) is 16.1 Å². The lowest BCUT2D eigenvalue weighted by Crippen LogP contribution is -2.12. The van der Waals surface area contributed by atoms with Crippen LogP contribution < -0.4 is 0 Å². The summed E-state index contributed by atoms with van der Waals surface area (Å²) >= 11 is 2.03. The molecule has 15 heavy (non-hydrogen) atoms. The maximum Gasteiger partial charge on any atom is 0.274 e. The SMILES string of the molecule is CC(O)C(C)c1ccc(I)cc1[N+](=O)[O-]. The number of aliphatic hydroxyl groups excluding tert-OH is 1. The van der Waals surface area contributed by atoms with Crippen molar-refractivity contribution in [2.24, 2.45) is 0 Å². The Kier molecular flexibility index (Phi) is 4.04. The van der Waals surface area contributed by atoms with Gasteiger partial charge < -0.3 is 5.11 Å². The number of aliphatic hydroxyl groups is 1. The van der Waals surface area contributed by atoms with Gasteiger partial charge in [-0.05, 0) is 35.6 Å². The van der Waals surface area contributed by atoms with E-state index in [2.05, 4.69) is 0 Å². The van der Waals surface area contributed by atoms with E-state index < -0.39 is 11.0 Å². The van der Waals surface area contributed by atoms with Crippen LogP contribution in [-0.2, 0) is 0 Å². The summed E-state index contributed by atoms with van der Waals surface area (Å²) in [5, 5.41) is 20.2. The number of halogens is 1. The van der Waals surface area contributed by atoms with Crippen molar-refractivity contribution in [3.63, 3.8) is 0 Å². The molecule has 0 amide bonds. The average molecular weight is 321 g/mol. The van der Waals surface area contributed by atoms with Gasteiger partial charge in [-0.1, -0.05) is 13.0 Å². The maximum absolute atomic E-state index is 10.8. The van der Waals surface area contributed by atoms with Gasteiger partial charge >= 0.3 is 0 Å². The van der Waals surface area contributed by atoms with Crippen molar-refractivity contribution in [1.29, 1.82) is 0 Å². The normalized spacial score (nSPS) is 14.7. The van der Waals surface area contributed by atoms with E-state index in [0.29, 0.717) is 5.56 Å². The van der Waals surface area contributed by atoms with Crippen molar-refractivity contribution in [3.05, 3.63) is 37.4 Å². The lowest BCUT2D eigenvalue weighted by atomic mass is 9.95. The highest BCUT2D eigenvalue weighted by Crippen LogP contribution is 2.29. The van der Waals surface area contributed by atoms with E-state index in [1.807, 2.05) is 28.7 Å². The molecular formula is C10H12INO3. The minimum atomic E-state index is -0.594. The summed E-state index contributed by atoms with van der Waals surface area (Å²) in [6.45, 7) is 3.41. The highest BCUT2D eigenvalue weighted by atomic mass is 127. The van der Waals surface area contributed by atoms with Crippen molar-refractivity contribution < 1.29 is 10.0 Å². The van der Waals surface area contributed by atoms with Gasteiger partial charge in [-0.3, -0.25) is 10.1 Å². The minimum absolute atomic E-state index is 0.0790. The van der Waals surface area contributed by atoms with Crippen molar-refractivity contribution in [3.8, 4) is 0 Å². The van der Waals surface area contributed by atoms with Gasteiger partial charge in [0.25, 0.3) is 5.69 Å². The Balaban J connectivity index is 3.22. The van der Waals surface area contributed by atoms with Crippen LogP contribution in [0, 0.1) is 13.7 Å². The summed E-state index contributed by atoms with van der Waals surface area (Å²) in [5.74, 6) is -0.234. The molecule has 0 saturated heterocycles. The maximum atomic E-state index is 10.8. The van der Waals surface area contributed by atoms with E-state index in [1.54, 1.807) is 19.9 Å². The fourth-order valence-electron chi connectivity index (χ4n) is 1.32. The molecule has 0 saturated carbocycles. The monoisotopic (exact) mass is 321 g/mol. The van der Waals surface area contributed by atoms with Crippen molar-refractivity contribution in [2.45, 2.75) is 25.9 Å². The van der Waals surface area contributed by atoms with Crippen molar-refractivity contribution >= 4 is 28.3 Å². The minimum Gasteiger partial charge on any atom is -0.393 e. The summed E-state index contributed by atoms with van der Waals surface area (Å²) in [7, 11) is 0. The molecule has 82 valence electrons. The Hall–Kier alpha value is -0.690. The molecule has 5 heteroatoms. The van der Waals surface area contributed by atoms with Crippen LogP contribution in [0.5, 0.6) is 0 Å². The second-order valence-electron chi connectivity index (χ2n) is 3.49. The smallest absolute Gasteiger partial charge is 0.274 e. The summed E-state index contributed by atoms with van der Waals surface area (Å²) in [6.07, 6.45) is -0.594. The van der Waals surface area contributed by atoms with Crippen LogP contribution in [0.2, 0.25) is 0 Å². The quantitative estimate of drug-likeness (QED) is 0.529. The standard InChI is InChI=1S/C10H12INO3/c1-6(7(2)13)9-4-3-8(11)5-10(9)12(14)15/h3-7,13H,1-2H3. The molecule has 1 aromatic carbocycles. The van der Waals surface area contributed by atoms with Crippen LogP contribution in [0.4, 0.5) is 5.69 Å². The fraction of sp³-hybridized carbons (Fsp3) is 0.400. The van der Waals surface area contributed by atoms with E-state index in [4.69, 9.17) is 0 Å². The van der Waals surface area contributed by atoms with Crippen LogP contribution in [0.15, 0.2) is 18.2 Å². The molecule has 0 radical (unpaired) electrons. The summed E-state index contributed by atoms with van der Waals surface area (Å²) < 4.78 is 0.820. The molecule has 0 aliphatic heterocycles. The molecule has 0 aliphatic rings. The average Bonchev–Trinajstić information content (AvgIpc) is 2.16. The van der Waals surface area contributed by atoms with E-state index in [1.165, 1.54) is 6.07 Å². The summed E-state index contributed by atoms with van der Waals surface area (Å²) in [5.41, 5.74) is 0.658. The van der Waals surface area contributed by atoms with Gasteiger partial charge in [0, 0.05) is 21.1 Å². The summed E-state index contributed by atoms with van der Waals surface area (Å²) in [4.78, 5) is 10.4.